The number of likely N-dealkylation sites (N-methyl/N-ethyl adjacent to an activating group) is 1. The summed E-state index contributed by atoms with van der Waals surface area (Å²) in [6.45, 7) is 7.95. The van der Waals surface area contributed by atoms with Crippen LogP contribution in [0.1, 0.15) is 33.6 Å². The van der Waals surface area contributed by atoms with Crippen molar-refractivity contribution in [2.75, 3.05) is 33.8 Å². The average Bonchev–Trinajstić information content (AvgIpc) is 2.27. The first-order valence-corrected chi connectivity index (χ1v) is 7.12. The van der Waals surface area contributed by atoms with Crippen LogP contribution in [0.15, 0.2) is 0 Å². The highest BCUT2D eigenvalue weighted by Gasteiger charge is 2.45. The monoisotopic (exact) mass is 272 g/mol. The molecule has 0 radical (unpaired) electrons. The van der Waals surface area contributed by atoms with Gasteiger partial charge in [-0.3, -0.25) is 4.79 Å². The second kappa shape index (κ2) is 7.22. The van der Waals surface area contributed by atoms with Gasteiger partial charge in [-0.05, 0) is 34.9 Å². The van der Waals surface area contributed by atoms with Gasteiger partial charge in [-0.15, -0.1) is 0 Å². The first-order valence-electron chi connectivity index (χ1n) is 7.12. The van der Waals surface area contributed by atoms with Crippen LogP contribution in [-0.4, -0.2) is 62.4 Å². The van der Waals surface area contributed by atoms with Crippen LogP contribution < -0.4 is 5.32 Å². The molecular weight excluding hydrogens is 244 g/mol. The standard InChI is InChI=1S/C14H28N2O3/c1-6-18-13(17)14(15-7-8-16(4)5)9-11(2)19-12(3)10-14/h11-12,15H,6-10H2,1-5H3. The van der Waals surface area contributed by atoms with E-state index in [4.69, 9.17) is 9.47 Å². The maximum absolute atomic E-state index is 12.3. The molecule has 1 saturated heterocycles. The minimum Gasteiger partial charge on any atom is -0.465 e. The largest absolute Gasteiger partial charge is 0.465 e. The number of hydrogen-bond acceptors (Lipinski definition) is 5. The van der Waals surface area contributed by atoms with Gasteiger partial charge in [0, 0.05) is 25.9 Å². The smallest absolute Gasteiger partial charge is 0.326 e. The highest BCUT2D eigenvalue weighted by molar-refractivity contribution is 5.81. The van der Waals surface area contributed by atoms with Crippen LogP contribution in [0.5, 0.6) is 0 Å². The van der Waals surface area contributed by atoms with Crippen LogP contribution in [0.2, 0.25) is 0 Å². The van der Waals surface area contributed by atoms with Gasteiger partial charge in [0.05, 0.1) is 18.8 Å². The van der Waals surface area contributed by atoms with Crippen molar-refractivity contribution in [2.24, 2.45) is 0 Å². The lowest BCUT2D eigenvalue weighted by atomic mass is 9.84. The fourth-order valence-electron chi connectivity index (χ4n) is 2.73. The summed E-state index contributed by atoms with van der Waals surface area (Å²) in [7, 11) is 4.04. The quantitative estimate of drug-likeness (QED) is 0.732. The van der Waals surface area contributed by atoms with Crippen molar-refractivity contribution in [3.8, 4) is 0 Å². The van der Waals surface area contributed by atoms with Crippen LogP contribution in [0.25, 0.3) is 0 Å². The molecule has 112 valence electrons. The van der Waals surface area contributed by atoms with E-state index in [0.717, 1.165) is 13.1 Å². The summed E-state index contributed by atoms with van der Waals surface area (Å²) in [5.74, 6) is -0.143. The van der Waals surface area contributed by atoms with Gasteiger partial charge in [0.15, 0.2) is 0 Å². The van der Waals surface area contributed by atoms with Crippen LogP contribution in [0.4, 0.5) is 0 Å². The summed E-state index contributed by atoms with van der Waals surface area (Å²) in [6.07, 6.45) is 1.48. The molecule has 5 heteroatoms. The summed E-state index contributed by atoms with van der Waals surface area (Å²) in [5, 5.41) is 3.42. The number of nitrogens with one attached hydrogen (secondary N) is 1. The fourth-order valence-corrected chi connectivity index (χ4v) is 2.73. The molecule has 1 rings (SSSR count). The molecule has 5 nitrogen and oxygen atoms in total. The molecular formula is C14H28N2O3. The van der Waals surface area contributed by atoms with Crippen molar-refractivity contribution in [2.45, 2.75) is 51.4 Å². The number of hydrogen-bond donors (Lipinski definition) is 1. The molecule has 0 aromatic rings. The molecule has 0 spiro atoms. The third-order valence-electron chi connectivity index (χ3n) is 3.43. The van der Waals surface area contributed by atoms with Crippen LogP contribution in [-0.2, 0) is 14.3 Å². The van der Waals surface area contributed by atoms with E-state index in [0.29, 0.717) is 19.4 Å². The summed E-state index contributed by atoms with van der Waals surface area (Å²) in [5.41, 5.74) is -0.594. The Morgan fingerprint density at radius 3 is 2.42 bits per heavy atom. The number of carbonyl (C=O) groups excluding carboxylic acids is 1. The van der Waals surface area contributed by atoms with Crippen LogP contribution in [0.3, 0.4) is 0 Å². The molecule has 1 heterocycles. The topological polar surface area (TPSA) is 50.8 Å². The SMILES string of the molecule is CCOC(=O)C1(NCCN(C)C)CC(C)OC(C)C1. The zero-order valence-corrected chi connectivity index (χ0v) is 12.9. The Morgan fingerprint density at radius 1 is 1.37 bits per heavy atom. The molecule has 0 amide bonds. The summed E-state index contributed by atoms with van der Waals surface area (Å²) in [6, 6.07) is 0. The van der Waals surface area contributed by atoms with Gasteiger partial charge >= 0.3 is 5.97 Å². The Hall–Kier alpha value is -0.650. The molecule has 0 aromatic carbocycles. The van der Waals surface area contributed by atoms with Crippen molar-refractivity contribution in [1.82, 2.24) is 10.2 Å². The van der Waals surface area contributed by atoms with E-state index in [9.17, 15) is 4.79 Å². The van der Waals surface area contributed by atoms with Crippen molar-refractivity contribution >= 4 is 5.97 Å². The average molecular weight is 272 g/mol. The van der Waals surface area contributed by atoms with E-state index >= 15 is 0 Å². The first kappa shape index (κ1) is 16.4. The minimum atomic E-state index is -0.594. The van der Waals surface area contributed by atoms with Gasteiger partial charge < -0.3 is 19.7 Å². The van der Waals surface area contributed by atoms with Crippen molar-refractivity contribution in [3.05, 3.63) is 0 Å². The zero-order valence-electron chi connectivity index (χ0n) is 12.9. The molecule has 1 N–H and O–H groups in total. The Balaban J connectivity index is 2.74. The predicted molar refractivity (Wildman–Crippen MR) is 75.2 cm³/mol. The van der Waals surface area contributed by atoms with Gasteiger partial charge in [0.2, 0.25) is 0 Å². The lowest BCUT2D eigenvalue weighted by molar-refractivity contribution is -0.162. The fraction of sp³-hybridized carbons (Fsp3) is 0.929. The molecule has 2 atom stereocenters. The van der Waals surface area contributed by atoms with E-state index in [1.807, 2.05) is 34.9 Å². The Morgan fingerprint density at radius 2 is 1.95 bits per heavy atom. The second-order valence-corrected chi connectivity index (χ2v) is 5.70. The molecule has 1 aliphatic heterocycles. The van der Waals surface area contributed by atoms with Crippen molar-refractivity contribution in [3.63, 3.8) is 0 Å². The van der Waals surface area contributed by atoms with Gasteiger partial charge in [-0.2, -0.15) is 0 Å². The Bertz CT molecular complexity index is 284. The van der Waals surface area contributed by atoms with Crippen LogP contribution in [0, 0.1) is 0 Å². The molecule has 0 aliphatic carbocycles. The van der Waals surface area contributed by atoms with Gasteiger partial charge in [-0.25, -0.2) is 0 Å². The first-order chi connectivity index (χ1) is 8.89. The molecule has 0 saturated carbocycles. The molecule has 1 fully saturated rings. The molecule has 19 heavy (non-hydrogen) atoms. The third kappa shape index (κ3) is 4.75. The number of esters is 1. The van der Waals surface area contributed by atoms with Gasteiger partial charge in [0.1, 0.15) is 5.54 Å². The summed E-state index contributed by atoms with van der Waals surface area (Å²) in [4.78, 5) is 14.4. The number of carbonyl (C=O) groups is 1. The molecule has 0 bridgehead atoms. The number of ether oxygens (including phenoxy) is 2. The third-order valence-corrected chi connectivity index (χ3v) is 3.43. The van der Waals surface area contributed by atoms with Gasteiger partial charge in [0.25, 0.3) is 0 Å². The van der Waals surface area contributed by atoms with E-state index in [1.165, 1.54) is 0 Å². The highest BCUT2D eigenvalue weighted by Crippen LogP contribution is 2.30. The maximum atomic E-state index is 12.3. The number of nitrogens with zero attached hydrogens (tertiary/aromatic N) is 1. The van der Waals surface area contributed by atoms with E-state index in [2.05, 4.69) is 10.2 Å². The number of rotatable bonds is 6. The second-order valence-electron chi connectivity index (χ2n) is 5.70. The minimum absolute atomic E-state index is 0.0695. The molecule has 0 aromatic heterocycles. The molecule has 2 unspecified atom stereocenters. The summed E-state index contributed by atoms with van der Waals surface area (Å²) >= 11 is 0. The summed E-state index contributed by atoms with van der Waals surface area (Å²) < 4.78 is 11.0. The van der Waals surface area contributed by atoms with E-state index in [1.54, 1.807) is 0 Å². The highest BCUT2D eigenvalue weighted by atomic mass is 16.5. The Kier molecular flexibility index (Phi) is 6.23. The maximum Gasteiger partial charge on any atom is 0.326 e. The van der Waals surface area contributed by atoms with Crippen LogP contribution >= 0.6 is 0 Å². The van der Waals surface area contributed by atoms with Crippen molar-refractivity contribution < 1.29 is 14.3 Å². The Labute approximate surface area is 116 Å². The van der Waals surface area contributed by atoms with Gasteiger partial charge in [-0.1, -0.05) is 0 Å². The van der Waals surface area contributed by atoms with Crippen molar-refractivity contribution in [1.29, 1.82) is 0 Å². The lowest BCUT2D eigenvalue weighted by Gasteiger charge is -2.41. The van der Waals surface area contributed by atoms with E-state index in [-0.39, 0.29) is 18.2 Å². The van der Waals surface area contributed by atoms with E-state index < -0.39 is 5.54 Å². The zero-order chi connectivity index (χ0) is 14.5. The lowest BCUT2D eigenvalue weighted by Crippen LogP contribution is -2.60. The molecule has 1 aliphatic rings. The predicted octanol–water partition coefficient (Wildman–Crippen LogP) is 1.03. The normalized spacial score (nSPS) is 31.5.